The zero-order valence-electron chi connectivity index (χ0n) is 8.75. The van der Waals surface area contributed by atoms with Crippen LogP contribution in [-0.4, -0.2) is 17.1 Å². The molecule has 15 heavy (non-hydrogen) atoms. The van der Waals surface area contributed by atoms with E-state index in [0.717, 1.165) is 11.1 Å². The Balaban J connectivity index is 2.65. The zero-order chi connectivity index (χ0) is 11.4. The van der Waals surface area contributed by atoms with Gasteiger partial charge in [-0.3, -0.25) is 4.79 Å². The van der Waals surface area contributed by atoms with Gasteiger partial charge in [0.25, 0.3) is 0 Å². The fourth-order valence-corrected chi connectivity index (χ4v) is 1.18. The number of hydrogen-bond acceptors (Lipinski definition) is 2. The van der Waals surface area contributed by atoms with Crippen molar-refractivity contribution in [1.82, 2.24) is 5.32 Å². The lowest BCUT2D eigenvalue weighted by molar-refractivity contribution is -0.139. The molecule has 0 spiro atoms. The van der Waals surface area contributed by atoms with Gasteiger partial charge in [0.1, 0.15) is 11.9 Å². The van der Waals surface area contributed by atoms with E-state index >= 15 is 0 Å². The predicted octanol–water partition coefficient (Wildman–Crippen LogP) is 1.70. The van der Waals surface area contributed by atoms with Crippen molar-refractivity contribution in [3.05, 3.63) is 35.1 Å². The van der Waals surface area contributed by atoms with Gasteiger partial charge in [0.2, 0.25) is 0 Å². The van der Waals surface area contributed by atoms with Gasteiger partial charge in [0, 0.05) is 6.54 Å². The quantitative estimate of drug-likeness (QED) is 0.796. The fraction of sp³-hybridized carbons (Fsp3) is 0.364. The van der Waals surface area contributed by atoms with Crippen LogP contribution in [0.1, 0.15) is 18.1 Å². The normalized spacial score (nSPS) is 12.5. The summed E-state index contributed by atoms with van der Waals surface area (Å²) in [4.78, 5) is 10.5. The summed E-state index contributed by atoms with van der Waals surface area (Å²) in [5, 5.41) is 11.4. The van der Waals surface area contributed by atoms with Crippen molar-refractivity contribution in [1.29, 1.82) is 0 Å². The highest BCUT2D eigenvalue weighted by Crippen LogP contribution is 2.09. The molecule has 0 saturated heterocycles. The summed E-state index contributed by atoms with van der Waals surface area (Å²) in [6.45, 7) is 3.77. The average molecular weight is 211 g/mol. The molecule has 0 bridgehead atoms. The van der Waals surface area contributed by atoms with Crippen LogP contribution in [-0.2, 0) is 11.3 Å². The van der Waals surface area contributed by atoms with Crippen LogP contribution in [0, 0.1) is 12.7 Å². The molecule has 1 atom stereocenters. The van der Waals surface area contributed by atoms with Crippen molar-refractivity contribution in [2.24, 2.45) is 0 Å². The Hall–Kier alpha value is -1.42. The van der Waals surface area contributed by atoms with Crippen molar-refractivity contribution >= 4 is 5.97 Å². The Morgan fingerprint density at radius 2 is 2.27 bits per heavy atom. The summed E-state index contributed by atoms with van der Waals surface area (Å²) < 4.78 is 12.9. The van der Waals surface area contributed by atoms with E-state index in [1.807, 2.05) is 6.92 Å². The highest BCUT2D eigenvalue weighted by Gasteiger charge is 2.10. The van der Waals surface area contributed by atoms with E-state index in [9.17, 15) is 9.18 Å². The van der Waals surface area contributed by atoms with Gasteiger partial charge in [-0.25, -0.2) is 4.39 Å². The third kappa shape index (κ3) is 3.32. The minimum atomic E-state index is -0.913. The number of aliphatic carboxylic acids is 1. The maximum Gasteiger partial charge on any atom is 0.320 e. The maximum absolute atomic E-state index is 12.9. The van der Waals surface area contributed by atoms with Crippen molar-refractivity contribution in [2.45, 2.75) is 26.4 Å². The van der Waals surface area contributed by atoms with Crippen LogP contribution in [0.3, 0.4) is 0 Å². The Morgan fingerprint density at radius 1 is 1.60 bits per heavy atom. The molecule has 82 valence electrons. The van der Waals surface area contributed by atoms with Gasteiger partial charge in [-0.1, -0.05) is 6.07 Å². The SMILES string of the molecule is Cc1ccc(F)cc1CN[C@@H](C)C(=O)O. The van der Waals surface area contributed by atoms with Gasteiger partial charge >= 0.3 is 5.97 Å². The Kier molecular flexibility index (Phi) is 3.80. The number of halogens is 1. The van der Waals surface area contributed by atoms with Gasteiger partial charge in [-0.2, -0.15) is 0 Å². The molecule has 0 fully saturated rings. The second-order valence-corrected chi connectivity index (χ2v) is 3.51. The van der Waals surface area contributed by atoms with Gasteiger partial charge in [0.05, 0.1) is 0 Å². The molecule has 0 aromatic heterocycles. The predicted molar refractivity (Wildman–Crippen MR) is 55.1 cm³/mol. The first-order chi connectivity index (χ1) is 7.00. The molecule has 0 aliphatic heterocycles. The van der Waals surface area contributed by atoms with E-state index in [2.05, 4.69) is 5.32 Å². The number of carboxylic acid groups (broad SMARTS) is 1. The molecule has 0 amide bonds. The number of benzene rings is 1. The summed E-state index contributed by atoms with van der Waals surface area (Å²) in [6.07, 6.45) is 0. The third-order valence-electron chi connectivity index (χ3n) is 2.28. The number of carbonyl (C=O) groups is 1. The van der Waals surface area contributed by atoms with Crippen LogP contribution in [0.15, 0.2) is 18.2 Å². The minimum absolute atomic E-state index is 0.305. The fourth-order valence-electron chi connectivity index (χ4n) is 1.18. The van der Waals surface area contributed by atoms with Crippen LogP contribution >= 0.6 is 0 Å². The van der Waals surface area contributed by atoms with Crippen LogP contribution in [0.4, 0.5) is 4.39 Å². The Morgan fingerprint density at radius 3 is 2.87 bits per heavy atom. The van der Waals surface area contributed by atoms with E-state index in [1.54, 1.807) is 13.0 Å². The zero-order valence-corrected chi connectivity index (χ0v) is 8.75. The summed E-state index contributed by atoms with van der Waals surface area (Å²) >= 11 is 0. The van der Waals surface area contributed by atoms with Crippen LogP contribution in [0.2, 0.25) is 0 Å². The van der Waals surface area contributed by atoms with Crippen LogP contribution < -0.4 is 5.32 Å². The summed E-state index contributed by atoms with van der Waals surface area (Å²) in [5.74, 6) is -1.22. The molecule has 4 heteroatoms. The Bertz CT molecular complexity index is 366. The molecular formula is C11H14FNO2. The highest BCUT2D eigenvalue weighted by atomic mass is 19.1. The molecular weight excluding hydrogens is 197 g/mol. The number of aryl methyl sites for hydroxylation is 1. The number of carboxylic acids is 1. The maximum atomic E-state index is 12.9. The molecule has 0 heterocycles. The standard InChI is InChI=1S/C11H14FNO2/c1-7-3-4-10(12)5-9(7)6-13-8(2)11(14)15/h3-5,8,13H,6H2,1-2H3,(H,14,15)/t8-/m0/s1. The minimum Gasteiger partial charge on any atom is -0.480 e. The van der Waals surface area contributed by atoms with Gasteiger partial charge in [0.15, 0.2) is 0 Å². The van der Waals surface area contributed by atoms with Crippen molar-refractivity contribution < 1.29 is 14.3 Å². The first kappa shape index (κ1) is 11.7. The van der Waals surface area contributed by atoms with Crippen molar-refractivity contribution in [2.75, 3.05) is 0 Å². The lowest BCUT2D eigenvalue weighted by Crippen LogP contribution is -2.33. The number of hydrogen-bond donors (Lipinski definition) is 2. The topological polar surface area (TPSA) is 49.3 Å². The second kappa shape index (κ2) is 4.89. The average Bonchev–Trinajstić information content (AvgIpc) is 2.18. The molecule has 1 aromatic rings. The third-order valence-corrected chi connectivity index (χ3v) is 2.28. The monoisotopic (exact) mass is 211 g/mol. The summed E-state index contributed by atoms with van der Waals surface area (Å²) in [6, 6.07) is 3.85. The summed E-state index contributed by atoms with van der Waals surface area (Å²) in [7, 11) is 0. The molecule has 0 radical (unpaired) electrons. The van der Waals surface area contributed by atoms with Crippen molar-refractivity contribution in [3.8, 4) is 0 Å². The molecule has 0 aliphatic rings. The van der Waals surface area contributed by atoms with E-state index in [-0.39, 0.29) is 5.82 Å². The first-order valence-electron chi connectivity index (χ1n) is 4.72. The molecule has 0 aliphatic carbocycles. The van der Waals surface area contributed by atoms with E-state index in [4.69, 9.17) is 5.11 Å². The van der Waals surface area contributed by atoms with Gasteiger partial charge in [-0.15, -0.1) is 0 Å². The molecule has 3 nitrogen and oxygen atoms in total. The lowest BCUT2D eigenvalue weighted by Gasteiger charge is -2.10. The number of rotatable bonds is 4. The molecule has 1 aromatic carbocycles. The lowest BCUT2D eigenvalue weighted by atomic mass is 10.1. The van der Waals surface area contributed by atoms with Gasteiger partial charge < -0.3 is 10.4 Å². The van der Waals surface area contributed by atoms with Crippen LogP contribution in [0.5, 0.6) is 0 Å². The molecule has 0 unspecified atom stereocenters. The largest absolute Gasteiger partial charge is 0.480 e. The highest BCUT2D eigenvalue weighted by molar-refractivity contribution is 5.72. The smallest absolute Gasteiger partial charge is 0.320 e. The van der Waals surface area contributed by atoms with Crippen LogP contribution in [0.25, 0.3) is 0 Å². The van der Waals surface area contributed by atoms with Crippen molar-refractivity contribution in [3.63, 3.8) is 0 Å². The number of nitrogens with one attached hydrogen (secondary N) is 1. The first-order valence-corrected chi connectivity index (χ1v) is 4.72. The molecule has 0 saturated carbocycles. The summed E-state index contributed by atoms with van der Waals surface area (Å²) in [5.41, 5.74) is 1.73. The van der Waals surface area contributed by atoms with E-state index in [0.29, 0.717) is 6.54 Å². The van der Waals surface area contributed by atoms with Gasteiger partial charge in [-0.05, 0) is 37.1 Å². The van der Waals surface area contributed by atoms with E-state index in [1.165, 1.54) is 12.1 Å². The second-order valence-electron chi connectivity index (χ2n) is 3.51. The molecule has 1 rings (SSSR count). The van der Waals surface area contributed by atoms with E-state index < -0.39 is 12.0 Å². The molecule has 2 N–H and O–H groups in total. The Labute approximate surface area is 87.9 Å².